The summed E-state index contributed by atoms with van der Waals surface area (Å²) in [6, 6.07) is 56.5. The molecule has 0 saturated heterocycles. The summed E-state index contributed by atoms with van der Waals surface area (Å²) in [6.07, 6.45) is 0. The minimum atomic E-state index is -2.23. The summed E-state index contributed by atoms with van der Waals surface area (Å²) in [5.74, 6) is 0. The van der Waals surface area contributed by atoms with E-state index in [0.29, 0.717) is 0 Å². The van der Waals surface area contributed by atoms with Gasteiger partial charge >= 0.3 is 0 Å². The van der Waals surface area contributed by atoms with Crippen molar-refractivity contribution in [3.63, 3.8) is 0 Å². The number of benzene rings is 6. The number of hydrogen-bond acceptors (Lipinski definition) is 0. The molecular weight excluding hydrogens is 509 g/mol. The van der Waals surface area contributed by atoms with Gasteiger partial charge in [-0.25, -0.2) is 0 Å². The molecule has 0 N–H and O–H groups in total. The molecule has 0 spiro atoms. The zero-order valence-corrected chi connectivity index (χ0v) is 24.8. The summed E-state index contributed by atoms with van der Waals surface area (Å²) in [5.41, 5.74) is 8.22. The van der Waals surface area contributed by atoms with Crippen LogP contribution in [0.2, 0.25) is 12.1 Å². The van der Waals surface area contributed by atoms with E-state index in [1.54, 1.807) is 10.4 Å². The van der Waals surface area contributed by atoms with Gasteiger partial charge in [0.1, 0.15) is 8.07 Å². The van der Waals surface area contributed by atoms with Crippen LogP contribution in [0, 0.1) is 0 Å². The van der Waals surface area contributed by atoms with Crippen LogP contribution in [0.15, 0.2) is 146 Å². The molecular formula is C40H34Si. The van der Waals surface area contributed by atoms with E-state index >= 15 is 0 Å². The molecule has 0 aromatic heterocycles. The van der Waals surface area contributed by atoms with Crippen LogP contribution in [0.5, 0.6) is 0 Å². The Hall–Kier alpha value is -4.46. The Morgan fingerprint density at radius 2 is 0.732 bits per heavy atom. The van der Waals surface area contributed by atoms with Gasteiger partial charge in [0.05, 0.1) is 0 Å². The summed E-state index contributed by atoms with van der Waals surface area (Å²) < 4.78 is 0. The smallest absolute Gasteiger partial charge is 0.0672 e. The van der Waals surface area contributed by atoms with Crippen molar-refractivity contribution in [1.29, 1.82) is 0 Å². The largest absolute Gasteiger partial charge is 0.120 e. The van der Waals surface area contributed by atoms with Crippen molar-refractivity contribution in [1.82, 2.24) is 0 Å². The summed E-state index contributed by atoms with van der Waals surface area (Å²) >= 11 is 0. The Balaban J connectivity index is 1.63. The maximum absolute atomic E-state index is 2.45. The zero-order chi connectivity index (χ0) is 27.8. The van der Waals surface area contributed by atoms with E-state index in [4.69, 9.17) is 0 Å². The van der Waals surface area contributed by atoms with E-state index in [1.807, 2.05) is 0 Å². The highest BCUT2D eigenvalue weighted by molar-refractivity contribution is 7.14. The van der Waals surface area contributed by atoms with Crippen LogP contribution in [0.3, 0.4) is 0 Å². The van der Waals surface area contributed by atoms with Crippen LogP contribution >= 0.6 is 0 Å². The van der Waals surface area contributed by atoms with E-state index in [-0.39, 0.29) is 0 Å². The lowest BCUT2D eigenvalue weighted by molar-refractivity contribution is 1.30. The second kappa shape index (κ2) is 10.5. The highest BCUT2D eigenvalue weighted by atomic mass is 28.3. The zero-order valence-electron chi connectivity index (χ0n) is 23.8. The minimum absolute atomic E-state index is 1.15. The maximum atomic E-state index is 2.45. The molecule has 1 aliphatic heterocycles. The topological polar surface area (TPSA) is 0 Å². The maximum Gasteiger partial charge on any atom is 0.120 e. The molecule has 0 fully saturated rings. The highest BCUT2D eigenvalue weighted by Crippen LogP contribution is 2.58. The van der Waals surface area contributed by atoms with Crippen LogP contribution < -0.4 is 0 Å². The molecule has 0 saturated carbocycles. The van der Waals surface area contributed by atoms with Crippen molar-refractivity contribution < 1.29 is 0 Å². The normalized spacial score (nSPS) is 14.8. The number of hydrogen-bond donors (Lipinski definition) is 0. The first-order valence-electron chi connectivity index (χ1n) is 14.8. The fourth-order valence-corrected chi connectivity index (χ4v) is 12.2. The predicted molar refractivity (Wildman–Crippen MR) is 181 cm³/mol. The molecule has 0 amide bonds. The molecule has 1 heterocycles. The first-order valence-corrected chi connectivity index (χ1v) is 17.2. The minimum Gasteiger partial charge on any atom is -0.0672 e. The molecule has 7 rings (SSSR count). The van der Waals surface area contributed by atoms with Crippen molar-refractivity contribution in [2.75, 3.05) is 0 Å². The third-order valence-corrected chi connectivity index (χ3v) is 14.5. The third kappa shape index (κ3) is 4.20. The molecule has 41 heavy (non-hydrogen) atoms. The molecule has 6 aromatic carbocycles. The van der Waals surface area contributed by atoms with E-state index in [0.717, 1.165) is 12.1 Å². The number of fused-ring (bicyclic) bond motifs is 2. The van der Waals surface area contributed by atoms with Gasteiger partial charge in [-0.3, -0.25) is 0 Å². The van der Waals surface area contributed by atoms with Gasteiger partial charge in [-0.15, -0.1) is 0 Å². The number of allylic oxidation sites excluding steroid dienone is 2. The quantitative estimate of drug-likeness (QED) is 0.184. The van der Waals surface area contributed by atoms with Gasteiger partial charge < -0.3 is 0 Å². The van der Waals surface area contributed by atoms with E-state index in [9.17, 15) is 0 Å². The predicted octanol–water partition coefficient (Wildman–Crippen LogP) is 11.1. The lowest BCUT2D eigenvalue weighted by Gasteiger charge is -2.33. The van der Waals surface area contributed by atoms with Gasteiger partial charge in [-0.2, -0.15) is 0 Å². The van der Waals surface area contributed by atoms with Gasteiger partial charge in [-0.05, 0) is 77.5 Å². The van der Waals surface area contributed by atoms with Crippen LogP contribution in [0.25, 0.3) is 43.1 Å². The Labute approximate surface area is 244 Å². The summed E-state index contributed by atoms with van der Waals surface area (Å²) in [7, 11) is -2.23. The molecule has 0 nitrogen and oxygen atoms in total. The van der Waals surface area contributed by atoms with Crippen LogP contribution in [-0.4, -0.2) is 8.07 Å². The molecule has 0 atom stereocenters. The average molecular weight is 543 g/mol. The first kappa shape index (κ1) is 25.5. The van der Waals surface area contributed by atoms with E-state index in [2.05, 4.69) is 159 Å². The van der Waals surface area contributed by atoms with Crippen molar-refractivity contribution in [3.05, 3.63) is 168 Å². The van der Waals surface area contributed by atoms with E-state index in [1.165, 1.54) is 54.9 Å². The Bertz CT molecular complexity index is 1800. The molecule has 1 aliphatic rings. The molecule has 0 radical (unpaired) electrons. The second-order valence-corrected chi connectivity index (χ2v) is 15.7. The highest BCUT2D eigenvalue weighted by Gasteiger charge is 2.48. The molecule has 1 heteroatoms. The SMILES string of the molecule is CC[Si]1(CC)C(c2ccc3ccccc3c2)=C(c2ccccc2)C(c2ccccc2)=C1c1ccc2ccccc2c1. The molecule has 6 aromatic rings. The lowest BCUT2D eigenvalue weighted by atomic mass is 9.89. The van der Waals surface area contributed by atoms with Gasteiger partial charge in [0.25, 0.3) is 0 Å². The summed E-state index contributed by atoms with van der Waals surface area (Å²) in [4.78, 5) is 0. The Kier molecular flexibility index (Phi) is 6.53. The van der Waals surface area contributed by atoms with Gasteiger partial charge in [0, 0.05) is 0 Å². The first-order chi connectivity index (χ1) is 20.2. The van der Waals surface area contributed by atoms with Crippen LogP contribution in [0.1, 0.15) is 36.1 Å². The summed E-state index contributed by atoms with van der Waals surface area (Å²) in [5, 5.41) is 8.37. The van der Waals surface area contributed by atoms with Gasteiger partial charge in [0.2, 0.25) is 0 Å². The fourth-order valence-electron chi connectivity index (χ4n) is 7.13. The summed E-state index contributed by atoms with van der Waals surface area (Å²) in [6.45, 7) is 4.88. The number of rotatable bonds is 6. The molecule has 198 valence electrons. The van der Waals surface area contributed by atoms with Crippen molar-refractivity contribution in [3.8, 4) is 0 Å². The standard InChI is InChI=1S/C40H34Si/c1-3-41(4-2)39(35-25-23-29-15-11-13-21-33(29)27-35)37(31-17-7-5-8-18-31)38(32-19-9-6-10-20-32)40(41)36-26-24-30-16-12-14-22-34(30)28-36/h5-28H,3-4H2,1-2H3. The average Bonchev–Trinajstić information content (AvgIpc) is 3.36. The fraction of sp³-hybridized carbons (Fsp3) is 0.100. The van der Waals surface area contributed by atoms with E-state index < -0.39 is 8.07 Å². The van der Waals surface area contributed by atoms with Crippen molar-refractivity contribution >= 4 is 51.2 Å². The Morgan fingerprint density at radius 3 is 1.12 bits per heavy atom. The molecule has 0 aliphatic carbocycles. The molecule has 0 bridgehead atoms. The van der Waals surface area contributed by atoms with Crippen molar-refractivity contribution in [2.45, 2.75) is 25.9 Å². The second-order valence-electron chi connectivity index (χ2n) is 11.1. The van der Waals surface area contributed by atoms with Gasteiger partial charge in [-0.1, -0.05) is 159 Å². The monoisotopic (exact) mass is 542 g/mol. The van der Waals surface area contributed by atoms with Crippen LogP contribution in [0.4, 0.5) is 0 Å². The van der Waals surface area contributed by atoms with Gasteiger partial charge in [0.15, 0.2) is 0 Å². The third-order valence-electron chi connectivity index (χ3n) is 9.12. The molecule has 0 unspecified atom stereocenters. The van der Waals surface area contributed by atoms with Crippen molar-refractivity contribution in [2.24, 2.45) is 0 Å². The van der Waals surface area contributed by atoms with Crippen LogP contribution in [-0.2, 0) is 0 Å². The Morgan fingerprint density at radius 1 is 0.366 bits per heavy atom. The lowest BCUT2D eigenvalue weighted by Crippen LogP contribution is -2.35.